The van der Waals surface area contributed by atoms with Crippen LogP contribution in [-0.2, 0) is 11.2 Å². The molecule has 1 fully saturated rings. The van der Waals surface area contributed by atoms with E-state index in [2.05, 4.69) is 17.1 Å². The maximum atomic E-state index is 13.2. The predicted octanol–water partition coefficient (Wildman–Crippen LogP) is 2.61. The highest BCUT2D eigenvalue weighted by Gasteiger charge is 2.20. The Kier molecular flexibility index (Phi) is 6.18. The average Bonchev–Trinajstić information content (AvgIpc) is 2.47. The van der Waals surface area contributed by atoms with Crippen molar-refractivity contribution in [3.8, 4) is 0 Å². The second kappa shape index (κ2) is 8.13. The van der Waals surface area contributed by atoms with Crippen LogP contribution in [0, 0.1) is 11.7 Å². The van der Waals surface area contributed by atoms with Gasteiger partial charge >= 0.3 is 0 Å². The van der Waals surface area contributed by atoms with Crippen molar-refractivity contribution < 1.29 is 9.18 Å². The van der Waals surface area contributed by atoms with Crippen LogP contribution in [-0.4, -0.2) is 37.0 Å². The molecule has 0 radical (unpaired) electrons. The number of amides is 1. The Labute approximate surface area is 126 Å². The van der Waals surface area contributed by atoms with Crippen LogP contribution in [0.25, 0.3) is 0 Å². The third-order valence-corrected chi connectivity index (χ3v) is 4.06. The molecule has 1 N–H and O–H groups in total. The number of piperidine rings is 1. The molecule has 116 valence electrons. The molecule has 21 heavy (non-hydrogen) atoms. The summed E-state index contributed by atoms with van der Waals surface area (Å²) in [5, 5.41) is 2.91. The van der Waals surface area contributed by atoms with Gasteiger partial charge in [-0.1, -0.05) is 19.1 Å². The molecule has 1 amide bonds. The summed E-state index contributed by atoms with van der Waals surface area (Å²) >= 11 is 0. The van der Waals surface area contributed by atoms with E-state index < -0.39 is 0 Å². The van der Waals surface area contributed by atoms with Crippen LogP contribution in [0.5, 0.6) is 0 Å². The number of nitrogens with zero attached hydrogens (tertiary/aromatic N) is 1. The summed E-state index contributed by atoms with van der Waals surface area (Å²) in [5.74, 6) is 0.569. The Morgan fingerprint density at radius 2 is 2.14 bits per heavy atom. The van der Waals surface area contributed by atoms with E-state index in [4.69, 9.17) is 0 Å². The molecule has 0 aliphatic carbocycles. The Morgan fingerprint density at radius 1 is 1.38 bits per heavy atom. The molecule has 1 aromatic rings. The summed E-state index contributed by atoms with van der Waals surface area (Å²) in [6.45, 7) is 5.23. The van der Waals surface area contributed by atoms with Crippen LogP contribution >= 0.6 is 0 Å². The van der Waals surface area contributed by atoms with Gasteiger partial charge in [-0.25, -0.2) is 4.39 Å². The van der Waals surface area contributed by atoms with Gasteiger partial charge in [0.15, 0.2) is 0 Å². The standard InChI is InChI=1S/C17H25FN2O/c1-2-8-19-17(21)13-20-9-6-14(7-10-20)11-15-4-3-5-16(18)12-15/h3-5,12,14H,2,6-11,13H2,1H3,(H,19,21). The van der Waals surface area contributed by atoms with E-state index in [1.807, 2.05) is 6.07 Å². The van der Waals surface area contributed by atoms with E-state index in [-0.39, 0.29) is 11.7 Å². The van der Waals surface area contributed by atoms with Gasteiger partial charge in [-0.05, 0) is 62.4 Å². The van der Waals surface area contributed by atoms with Gasteiger partial charge in [-0.2, -0.15) is 0 Å². The lowest BCUT2D eigenvalue weighted by Crippen LogP contribution is -2.41. The fraction of sp³-hybridized carbons (Fsp3) is 0.588. The second-order valence-corrected chi connectivity index (χ2v) is 5.90. The Bertz CT molecular complexity index is 456. The molecule has 0 bridgehead atoms. The van der Waals surface area contributed by atoms with Crippen molar-refractivity contribution in [2.24, 2.45) is 5.92 Å². The number of rotatable bonds is 6. The summed E-state index contributed by atoms with van der Waals surface area (Å²) < 4.78 is 13.2. The zero-order valence-corrected chi connectivity index (χ0v) is 12.8. The number of nitrogens with one attached hydrogen (secondary N) is 1. The number of carbonyl (C=O) groups is 1. The van der Waals surface area contributed by atoms with Crippen LogP contribution < -0.4 is 5.32 Å². The minimum Gasteiger partial charge on any atom is -0.355 e. The molecule has 0 unspecified atom stereocenters. The highest BCUT2D eigenvalue weighted by Crippen LogP contribution is 2.21. The second-order valence-electron chi connectivity index (χ2n) is 5.90. The number of likely N-dealkylation sites (tertiary alicyclic amines) is 1. The fourth-order valence-corrected chi connectivity index (χ4v) is 2.87. The van der Waals surface area contributed by atoms with Gasteiger partial charge in [0.1, 0.15) is 5.82 Å². The first-order valence-electron chi connectivity index (χ1n) is 7.91. The van der Waals surface area contributed by atoms with Gasteiger partial charge in [0.05, 0.1) is 6.54 Å². The molecule has 1 aliphatic heterocycles. The number of halogens is 1. The van der Waals surface area contributed by atoms with Crippen LogP contribution in [0.15, 0.2) is 24.3 Å². The summed E-state index contributed by atoms with van der Waals surface area (Å²) in [5.41, 5.74) is 1.08. The summed E-state index contributed by atoms with van der Waals surface area (Å²) in [7, 11) is 0. The number of benzene rings is 1. The van der Waals surface area contributed by atoms with Crippen molar-refractivity contribution in [1.29, 1.82) is 0 Å². The lowest BCUT2D eigenvalue weighted by molar-refractivity contribution is -0.122. The first-order chi connectivity index (χ1) is 10.2. The van der Waals surface area contributed by atoms with Gasteiger partial charge in [0, 0.05) is 6.54 Å². The van der Waals surface area contributed by atoms with Gasteiger partial charge in [0.25, 0.3) is 0 Å². The lowest BCUT2D eigenvalue weighted by atomic mass is 9.90. The van der Waals surface area contributed by atoms with Crippen molar-refractivity contribution >= 4 is 5.91 Å². The molecular formula is C17H25FN2O. The van der Waals surface area contributed by atoms with E-state index in [1.165, 1.54) is 6.07 Å². The molecule has 0 aromatic heterocycles. The van der Waals surface area contributed by atoms with Crippen molar-refractivity contribution in [1.82, 2.24) is 10.2 Å². The van der Waals surface area contributed by atoms with Crippen LogP contribution in [0.1, 0.15) is 31.7 Å². The molecule has 1 heterocycles. The topological polar surface area (TPSA) is 32.3 Å². The van der Waals surface area contributed by atoms with E-state index in [1.54, 1.807) is 12.1 Å². The number of hydrogen-bond acceptors (Lipinski definition) is 2. The number of hydrogen-bond donors (Lipinski definition) is 1. The average molecular weight is 292 g/mol. The number of carbonyl (C=O) groups excluding carboxylic acids is 1. The van der Waals surface area contributed by atoms with Crippen LogP contribution in [0.2, 0.25) is 0 Å². The third-order valence-electron chi connectivity index (χ3n) is 4.06. The first-order valence-corrected chi connectivity index (χ1v) is 7.91. The molecule has 0 spiro atoms. The smallest absolute Gasteiger partial charge is 0.234 e. The fourth-order valence-electron chi connectivity index (χ4n) is 2.87. The monoisotopic (exact) mass is 292 g/mol. The SMILES string of the molecule is CCCNC(=O)CN1CCC(Cc2cccc(F)c2)CC1. The maximum Gasteiger partial charge on any atom is 0.234 e. The normalized spacial score (nSPS) is 16.9. The predicted molar refractivity (Wildman–Crippen MR) is 82.6 cm³/mol. The Balaban J connectivity index is 1.72. The Morgan fingerprint density at radius 3 is 2.81 bits per heavy atom. The van der Waals surface area contributed by atoms with E-state index >= 15 is 0 Å². The minimum atomic E-state index is -0.155. The van der Waals surface area contributed by atoms with Crippen molar-refractivity contribution in [3.63, 3.8) is 0 Å². The van der Waals surface area contributed by atoms with Crippen molar-refractivity contribution in [3.05, 3.63) is 35.6 Å². The lowest BCUT2D eigenvalue weighted by Gasteiger charge is -2.31. The van der Waals surface area contributed by atoms with Gasteiger partial charge in [-0.15, -0.1) is 0 Å². The quantitative estimate of drug-likeness (QED) is 0.874. The first kappa shape index (κ1) is 16.0. The van der Waals surface area contributed by atoms with Crippen molar-refractivity contribution in [2.45, 2.75) is 32.6 Å². The molecule has 2 rings (SSSR count). The van der Waals surface area contributed by atoms with E-state index in [9.17, 15) is 9.18 Å². The molecule has 1 aromatic carbocycles. The molecule has 0 atom stereocenters. The Hall–Kier alpha value is -1.42. The van der Waals surface area contributed by atoms with Gasteiger partial charge < -0.3 is 5.32 Å². The third kappa shape index (κ3) is 5.46. The molecule has 1 saturated heterocycles. The summed E-state index contributed by atoms with van der Waals surface area (Å²) in [4.78, 5) is 13.9. The van der Waals surface area contributed by atoms with Crippen LogP contribution in [0.3, 0.4) is 0 Å². The van der Waals surface area contributed by atoms with Crippen molar-refractivity contribution in [2.75, 3.05) is 26.2 Å². The molecule has 3 nitrogen and oxygen atoms in total. The minimum absolute atomic E-state index is 0.125. The van der Waals surface area contributed by atoms with E-state index in [0.717, 1.165) is 50.9 Å². The highest BCUT2D eigenvalue weighted by molar-refractivity contribution is 5.77. The molecule has 0 saturated carbocycles. The highest BCUT2D eigenvalue weighted by atomic mass is 19.1. The zero-order chi connectivity index (χ0) is 15.1. The maximum absolute atomic E-state index is 13.2. The molecular weight excluding hydrogens is 267 g/mol. The molecule has 1 aliphatic rings. The largest absolute Gasteiger partial charge is 0.355 e. The summed E-state index contributed by atoms with van der Waals surface area (Å²) in [6, 6.07) is 6.89. The molecule has 4 heteroatoms. The zero-order valence-electron chi connectivity index (χ0n) is 12.8. The van der Waals surface area contributed by atoms with Gasteiger partial charge in [0.2, 0.25) is 5.91 Å². The van der Waals surface area contributed by atoms with Crippen LogP contribution in [0.4, 0.5) is 4.39 Å². The van der Waals surface area contributed by atoms with E-state index in [0.29, 0.717) is 12.5 Å². The summed E-state index contributed by atoms with van der Waals surface area (Å²) in [6.07, 6.45) is 4.07. The van der Waals surface area contributed by atoms with Gasteiger partial charge in [-0.3, -0.25) is 9.69 Å².